The van der Waals surface area contributed by atoms with Gasteiger partial charge in [-0.25, -0.2) is 9.97 Å². The molecule has 1 aliphatic rings. The quantitative estimate of drug-likeness (QED) is 0.582. The Morgan fingerprint density at radius 1 is 1.29 bits per heavy atom. The molecule has 1 aliphatic carbocycles. The summed E-state index contributed by atoms with van der Waals surface area (Å²) in [4.78, 5) is 8.20. The van der Waals surface area contributed by atoms with Crippen molar-refractivity contribution >= 4 is 23.4 Å². The van der Waals surface area contributed by atoms with Gasteiger partial charge in [0, 0.05) is 11.8 Å². The second-order valence-electron chi connectivity index (χ2n) is 3.58. The van der Waals surface area contributed by atoms with Crippen LogP contribution < -0.4 is 11.5 Å². The van der Waals surface area contributed by atoms with E-state index in [0.29, 0.717) is 16.8 Å². The number of nitrogens with two attached hydrogens (primary N) is 2. The predicted molar refractivity (Wildman–Crippen MR) is 58.9 cm³/mol. The van der Waals surface area contributed by atoms with E-state index in [9.17, 15) is 0 Å². The van der Waals surface area contributed by atoms with E-state index in [1.807, 2.05) is 0 Å². The summed E-state index contributed by atoms with van der Waals surface area (Å²) in [6.07, 6.45) is 4.03. The topological polar surface area (TPSA) is 77.8 Å². The van der Waals surface area contributed by atoms with Crippen molar-refractivity contribution in [2.45, 2.75) is 24.4 Å². The molecule has 4 N–H and O–H groups in total. The van der Waals surface area contributed by atoms with Crippen LogP contribution in [-0.2, 0) is 0 Å². The number of nitrogen functional groups attached to an aromatic ring is 2. The molecule has 0 bridgehead atoms. The summed E-state index contributed by atoms with van der Waals surface area (Å²) in [5.41, 5.74) is 11.1. The first kappa shape index (κ1) is 9.58. The highest BCUT2D eigenvalue weighted by molar-refractivity contribution is 7.99. The Bertz CT molecular complexity index is 304. The van der Waals surface area contributed by atoms with Gasteiger partial charge < -0.3 is 11.5 Å². The van der Waals surface area contributed by atoms with Crippen molar-refractivity contribution in [2.75, 3.05) is 17.2 Å². The highest BCUT2D eigenvalue weighted by Crippen LogP contribution is 2.34. The van der Waals surface area contributed by atoms with Crippen LogP contribution in [-0.4, -0.2) is 15.7 Å². The minimum atomic E-state index is 0.450. The maximum atomic E-state index is 5.56. The fourth-order valence-electron chi connectivity index (χ4n) is 1.25. The van der Waals surface area contributed by atoms with Gasteiger partial charge in [-0.15, -0.1) is 0 Å². The second-order valence-corrected chi connectivity index (χ2v) is 4.64. The average Bonchev–Trinajstić information content (AvgIpc) is 2.86. The molecule has 76 valence electrons. The minimum Gasteiger partial charge on any atom is -0.383 e. The highest BCUT2D eigenvalue weighted by atomic mass is 32.2. The van der Waals surface area contributed by atoms with Crippen LogP contribution in [0.4, 0.5) is 11.6 Å². The van der Waals surface area contributed by atoms with Crippen molar-refractivity contribution in [1.29, 1.82) is 0 Å². The van der Waals surface area contributed by atoms with Crippen LogP contribution in [0.25, 0.3) is 0 Å². The summed E-state index contributed by atoms with van der Waals surface area (Å²) in [6.45, 7) is 0. The molecule has 5 heteroatoms. The second kappa shape index (κ2) is 4.04. The van der Waals surface area contributed by atoms with Crippen LogP contribution in [0.2, 0.25) is 0 Å². The van der Waals surface area contributed by atoms with E-state index in [0.717, 1.165) is 11.7 Å². The van der Waals surface area contributed by atoms with Crippen molar-refractivity contribution < 1.29 is 0 Å². The lowest BCUT2D eigenvalue weighted by Gasteiger charge is -2.01. The Morgan fingerprint density at radius 3 is 2.50 bits per heavy atom. The third-order valence-corrected chi connectivity index (χ3v) is 3.08. The number of hydrogen-bond acceptors (Lipinski definition) is 5. The number of anilines is 2. The molecule has 1 heterocycles. The molecule has 2 rings (SSSR count). The monoisotopic (exact) mass is 210 g/mol. The minimum absolute atomic E-state index is 0.450. The molecule has 0 unspecified atom stereocenters. The summed E-state index contributed by atoms with van der Waals surface area (Å²) >= 11 is 1.63. The third kappa shape index (κ3) is 2.77. The molecule has 0 radical (unpaired) electrons. The summed E-state index contributed by atoms with van der Waals surface area (Å²) in [5, 5.41) is 0.697. The largest absolute Gasteiger partial charge is 0.383 e. The summed E-state index contributed by atoms with van der Waals surface area (Å²) in [5.74, 6) is 2.91. The summed E-state index contributed by atoms with van der Waals surface area (Å²) in [7, 11) is 0. The van der Waals surface area contributed by atoms with Gasteiger partial charge >= 0.3 is 0 Å². The fraction of sp³-hybridized carbons (Fsp3) is 0.556. The maximum Gasteiger partial charge on any atom is 0.191 e. The zero-order chi connectivity index (χ0) is 9.97. The van der Waals surface area contributed by atoms with Gasteiger partial charge in [0.15, 0.2) is 5.16 Å². The number of thioether (sulfide) groups is 1. The Kier molecular flexibility index (Phi) is 2.77. The standard InChI is InChI=1S/C9H14N4S/c10-7-5-8(11)13-9(12-7)14-4-3-6-1-2-6/h5-6H,1-4H2,(H4,10,11,12,13). The Balaban J connectivity index is 1.87. The van der Waals surface area contributed by atoms with E-state index in [-0.39, 0.29) is 0 Å². The van der Waals surface area contributed by atoms with Crippen molar-refractivity contribution in [2.24, 2.45) is 5.92 Å². The van der Waals surface area contributed by atoms with Crippen molar-refractivity contribution in [3.8, 4) is 0 Å². The molecule has 14 heavy (non-hydrogen) atoms. The molecular weight excluding hydrogens is 196 g/mol. The van der Waals surface area contributed by atoms with Crippen molar-refractivity contribution in [1.82, 2.24) is 9.97 Å². The summed E-state index contributed by atoms with van der Waals surface area (Å²) < 4.78 is 0. The van der Waals surface area contributed by atoms with Crippen LogP contribution in [0, 0.1) is 5.92 Å². The van der Waals surface area contributed by atoms with Crippen LogP contribution in [0.5, 0.6) is 0 Å². The van der Waals surface area contributed by atoms with Gasteiger partial charge in [-0.3, -0.25) is 0 Å². The van der Waals surface area contributed by atoms with Crippen LogP contribution in [0.1, 0.15) is 19.3 Å². The zero-order valence-corrected chi connectivity index (χ0v) is 8.76. The van der Waals surface area contributed by atoms with E-state index >= 15 is 0 Å². The predicted octanol–water partition coefficient (Wildman–Crippen LogP) is 1.53. The summed E-state index contributed by atoms with van der Waals surface area (Å²) in [6, 6.07) is 1.57. The van der Waals surface area contributed by atoms with E-state index in [1.165, 1.54) is 19.3 Å². The first-order chi connectivity index (χ1) is 6.74. The maximum absolute atomic E-state index is 5.56. The number of nitrogens with zero attached hydrogens (tertiary/aromatic N) is 2. The van der Waals surface area contributed by atoms with E-state index in [1.54, 1.807) is 17.8 Å². The van der Waals surface area contributed by atoms with Crippen LogP contribution in [0.3, 0.4) is 0 Å². The Labute approximate surface area is 87.5 Å². The number of aromatic nitrogens is 2. The highest BCUT2D eigenvalue weighted by Gasteiger charge is 2.20. The molecule has 1 aromatic rings. The van der Waals surface area contributed by atoms with Crippen molar-refractivity contribution in [3.63, 3.8) is 0 Å². The van der Waals surface area contributed by atoms with Gasteiger partial charge in [-0.05, 0) is 12.3 Å². The van der Waals surface area contributed by atoms with Gasteiger partial charge in [-0.1, -0.05) is 24.6 Å². The third-order valence-electron chi connectivity index (χ3n) is 2.20. The average molecular weight is 210 g/mol. The first-order valence-corrected chi connectivity index (χ1v) is 5.75. The Morgan fingerprint density at radius 2 is 1.93 bits per heavy atom. The molecule has 4 nitrogen and oxygen atoms in total. The zero-order valence-electron chi connectivity index (χ0n) is 7.94. The van der Waals surface area contributed by atoms with E-state index in [4.69, 9.17) is 11.5 Å². The van der Waals surface area contributed by atoms with Gasteiger partial charge in [0.25, 0.3) is 0 Å². The van der Waals surface area contributed by atoms with Gasteiger partial charge in [0.2, 0.25) is 0 Å². The fourth-order valence-corrected chi connectivity index (χ4v) is 2.22. The molecule has 0 amide bonds. The molecule has 1 saturated carbocycles. The van der Waals surface area contributed by atoms with E-state index < -0.39 is 0 Å². The van der Waals surface area contributed by atoms with Crippen LogP contribution >= 0.6 is 11.8 Å². The smallest absolute Gasteiger partial charge is 0.191 e. The lowest BCUT2D eigenvalue weighted by atomic mass is 10.3. The molecule has 0 aromatic carbocycles. The lowest BCUT2D eigenvalue weighted by molar-refractivity contribution is 0.806. The lowest BCUT2D eigenvalue weighted by Crippen LogP contribution is -1.99. The SMILES string of the molecule is Nc1cc(N)nc(SCCC2CC2)n1. The molecule has 0 saturated heterocycles. The van der Waals surface area contributed by atoms with Gasteiger partial charge in [0.05, 0.1) is 0 Å². The van der Waals surface area contributed by atoms with Gasteiger partial charge in [-0.2, -0.15) is 0 Å². The molecule has 0 aliphatic heterocycles. The molecule has 0 atom stereocenters. The van der Waals surface area contributed by atoms with Gasteiger partial charge in [0.1, 0.15) is 11.6 Å². The first-order valence-electron chi connectivity index (χ1n) is 4.77. The number of rotatable bonds is 4. The number of hydrogen-bond donors (Lipinski definition) is 2. The molecular formula is C9H14N4S. The molecule has 0 spiro atoms. The molecule has 1 fully saturated rings. The van der Waals surface area contributed by atoms with Crippen LogP contribution in [0.15, 0.2) is 11.2 Å². The Hall–Kier alpha value is -0.970. The van der Waals surface area contributed by atoms with Crippen molar-refractivity contribution in [3.05, 3.63) is 6.07 Å². The van der Waals surface area contributed by atoms with E-state index in [2.05, 4.69) is 9.97 Å². The molecule has 1 aromatic heterocycles. The normalized spacial score (nSPS) is 15.7.